The Morgan fingerprint density at radius 1 is 1.19 bits per heavy atom. The van der Waals surface area contributed by atoms with Crippen LogP contribution in [0.1, 0.15) is 10.5 Å². The summed E-state index contributed by atoms with van der Waals surface area (Å²) < 4.78 is 2.91. The molecule has 0 atom stereocenters. The lowest BCUT2D eigenvalue weighted by atomic mass is 10.3. The van der Waals surface area contributed by atoms with Gasteiger partial charge in [0.1, 0.15) is 5.69 Å². The molecule has 2 amide bonds. The van der Waals surface area contributed by atoms with E-state index in [0.717, 1.165) is 10.2 Å². The minimum atomic E-state index is -0.231. The lowest BCUT2D eigenvalue weighted by molar-refractivity contribution is -0.130. The minimum Gasteiger partial charge on any atom is -0.342 e. The van der Waals surface area contributed by atoms with Gasteiger partial charge in [-0.3, -0.25) is 9.59 Å². The summed E-state index contributed by atoms with van der Waals surface area (Å²) in [7, 11) is 1.86. The highest BCUT2D eigenvalue weighted by atomic mass is 32.1. The second-order valence-electron chi connectivity index (χ2n) is 6.36. The predicted octanol–water partition coefficient (Wildman–Crippen LogP) is 1.11. The number of aryl methyl sites for hydroxylation is 1. The number of hydrogen-bond donors (Lipinski definition) is 1. The molecule has 0 spiro atoms. The molecule has 9 heteroatoms. The Labute approximate surface area is 160 Å². The van der Waals surface area contributed by atoms with Crippen molar-refractivity contribution in [3.05, 3.63) is 41.7 Å². The van der Waals surface area contributed by atoms with Gasteiger partial charge in [0.05, 0.1) is 16.8 Å². The maximum Gasteiger partial charge on any atom is 0.268 e. The summed E-state index contributed by atoms with van der Waals surface area (Å²) in [6.45, 7) is 2.54. The van der Waals surface area contributed by atoms with Crippen LogP contribution in [-0.2, 0) is 11.8 Å². The molecule has 0 radical (unpaired) electrons. The molecule has 4 rings (SSSR count). The lowest BCUT2D eigenvalue weighted by Crippen LogP contribution is -2.51. The van der Waals surface area contributed by atoms with Gasteiger partial charge in [-0.15, -0.1) is 11.3 Å². The van der Waals surface area contributed by atoms with E-state index in [0.29, 0.717) is 37.8 Å². The first-order valence-corrected chi connectivity index (χ1v) is 9.62. The maximum atomic E-state index is 12.4. The summed E-state index contributed by atoms with van der Waals surface area (Å²) in [4.78, 5) is 37.2. The van der Waals surface area contributed by atoms with Crippen LogP contribution in [-0.4, -0.2) is 64.0 Å². The quantitative estimate of drug-likeness (QED) is 0.729. The third-order valence-electron chi connectivity index (χ3n) is 4.76. The van der Waals surface area contributed by atoms with Crippen LogP contribution < -0.4 is 10.2 Å². The first kappa shape index (κ1) is 17.5. The first-order chi connectivity index (χ1) is 13.1. The Morgan fingerprint density at radius 3 is 2.63 bits per heavy atom. The fourth-order valence-corrected chi connectivity index (χ4v) is 4.09. The number of piperazine rings is 1. The normalized spacial score (nSPS) is 14.6. The van der Waals surface area contributed by atoms with Gasteiger partial charge >= 0.3 is 0 Å². The van der Waals surface area contributed by atoms with E-state index in [9.17, 15) is 9.59 Å². The minimum absolute atomic E-state index is 0.000497. The average molecular weight is 384 g/mol. The number of fused-ring (bicyclic) bond motifs is 1. The van der Waals surface area contributed by atoms with Crippen molar-refractivity contribution >= 4 is 39.3 Å². The van der Waals surface area contributed by atoms with E-state index in [-0.39, 0.29) is 18.4 Å². The number of carbonyl (C=O) groups excluding carboxylic acids is 2. The second-order valence-corrected chi connectivity index (χ2v) is 7.31. The van der Waals surface area contributed by atoms with Gasteiger partial charge in [0.25, 0.3) is 5.91 Å². The van der Waals surface area contributed by atoms with Crippen molar-refractivity contribution in [3.8, 4) is 0 Å². The average Bonchev–Trinajstić information content (AvgIpc) is 3.30. The van der Waals surface area contributed by atoms with Crippen molar-refractivity contribution in [2.24, 2.45) is 7.05 Å². The number of carbonyl (C=O) groups is 2. The van der Waals surface area contributed by atoms with Gasteiger partial charge in [-0.25, -0.2) is 9.97 Å². The molecule has 0 aliphatic carbocycles. The van der Waals surface area contributed by atoms with Crippen molar-refractivity contribution in [1.82, 2.24) is 24.8 Å². The lowest BCUT2D eigenvalue weighted by Gasteiger charge is -2.34. The fourth-order valence-electron chi connectivity index (χ4n) is 3.24. The molecule has 3 aromatic rings. The molecule has 0 unspecified atom stereocenters. The van der Waals surface area contributed by atoms with E-state index in [4.69, 9.17) is 0 Å². The Bertz CT molecular complexity index is 959. The number of hydrogen-bond acceptors (Lipinski definition) is 6. The van der Waals surface area contributed by atoms with Crippen LogP contribution >= 0.6 is 11.3 Å². The van der Waals surface area contributed by atoms with Gasteiger partial charge in [-0.2, -0.15) is 0 Å². The van der Waals surface area contributed by atoms with Crippen molar-refractivity contribution < 1.29 is 9.59 Å². The molecule has 0 saturated carbocycles. The molecular formula is C18H20N6O2S. The summed E-state index contributed by atoms with van der Waals surface area (Å²) in [5.74, 6) is 0.375. The molecule has 1 aliphatic rings. The molecule has 1 N–H and O–H groups in total. The van der Waals surface area contributed by atoms with Crippen LogP contribution in [0.5, 0.6) is 0 Å². The smallest absolute Gasteiger partial charge is 0.268 e. The maximum absolute atomic E-state index is 12.4. The molecule has 1 saturated heterocycles. The molecule has 27 heavy (non-hydrogen) atoms. The number of anilines is 1. The molecule has 8 nitrogen and oxygen atoms in total. The van der Waals surface area contributed by atoms with Crippen molar-refractivity contribution in [2.75, 3.05) is 37.6 Å². The highest BCUT2D eigenvalue weighted by Gasteiger charge is 2.23. The summed E-state index contributed by atoms with van der Waals surface area (Å²) in [6, 6.07) is 5.62. The second kappa shape index (κ2) is 7.36. The Kier molecular flexibility index (Phi) is 4.76. The number of nitrogens with zero attached hydrogens (tertiary/aromatic N) is 5. The summed E-state index contributed by atoms with van der Waals surface area (Å²) >= 11 is 1.59. The van der Waals surface area contributed by atoms with Gasteiger partial charge in [0.15, 0.2) is 0 Å². The number of nitrogens with one attached hydrogen (secondary N) is 1. The third kappa shape index (κ3) is 3.50. The van der Waals surface area contributed by atoms with Crippen LogP contribution in [0.4, 0.5) is 5.95 Å². The van der Waals surface area contributed by atoms with Crippen LogP contribution in [0.25, 0.3) is 10.2 Å². The number of thiophene rings is 1. The molecule has 0 aromatic carbocycles. The first-order valence-electron chi connectivity index (χ1n) is 8.74. The predicted molar refractivity (Wildman–Crippen MR) is 104 cm³/mol. The number of amides is 2. The van der Waals surface area contributed by atoms with E-state index in [1.165, 1.54) is 0 Å². The van der Waals surface area contributed by atoms with Crippen LogP contribution in [0.3, 0.4) is 0 Å². The van der Waals surface area contributed by atoms with Crippen molar-refractivity contribution in [1.29, 1.82) is 0 Å². The van der Waals surface area contributed by atoms with E-state index in [1.54, 1.807) is 34.7 Å². The van der Waals surface area contributed by atoms with E-state index in [1.807, 2.05) is 29.1 Å². The van der Waals surface area contributed by atoms with Crippen LogP contribution in [0.2, 0.25) is 0 Å². The summed E-state index contributed by atoms with van der Waals surface area (Å²) in [5.41, 5.74) is 1.59. The van der Waals surface area contributed by atoms with Crippen molar-refractivity contribution in [2.45, 2.75) is 0 Å². The van der Waals surface area contributed by atoms with Gasteiger partial charge in [-0.1, -0.05) is 0 Å². The van der Waals surface area contributed by atoms with Gasteiger partial charge in [0.2, 0.25) is 11.9 Å². The zero-order chi connectivity index (χ0) is 18.8. The Balaban J connectivity index is 1.30. The molecular weight excluding hydrogens is 364 g/mol. The largest absolute Gasteiger partial charge is 0.342 e. The highest BCUT2D eigenvalue weighted by molar-refractivity contribution is 7.17. The number of aromatic nitrogens is 3. The Hall–Kier alpha value is -2.94. The molecule has 0 bridgehead atoms. The van der Waals surface area contributed by atoms with Gasteiger partial charge in [0, 0.05) is 45.6 Å². The van der Waals surface area contributed by atoms with Crippen LogP contribution in [0.15, 0.2) is 36.0 Å². The molecule has 4 heterocycles. The van der Waals surface area contributed by atoms with Crippen molar-refractivity contribution in [3.63, 3.8) is 0 Å². The SMILES string of the molecule is Cn1c(C(=O)NCC(=O)N2CCN(c3ncccn3)CC2)cc2sccc21. The van der Waals surface area contributed by atoms with Crippen LogP contribution in [0, 0.1) is 0 Å². The molecule has 140 valence electrons. The van der Waals surface area contributed by atoms with E-state index in [2.05, 4.69) is 20.2 Å². The molecule has 1 aliphatic heterocycles. The summed E-state index contributed by atoms with van der Waals surface area (Å²) in [6.07, 6.45) is 3.42. The Morgan fingerprint density at radius 2 is 1.93 bits per heavy atom. The topological polar surface area (TPSA) is 83.4 Å². The van der Waals surface area contributed by atoms with Gasteiger partial charge in [-0.05, 0) is 23.6 Å². The molecule has 1 fully saturated rings. The standard InChI is InChI=1S/C18H20N6O2S/c1-22-13-3-10-27-15(13)11-14(22)17(26)21-12-16(25)23-6-8-24(9-7-23)18-19-4-2-5-20-18/h2-5,10-11H,6-9,12H2,1H3,(H,21,26). The zero-order valence-corrected chi connectivity index (χ0v) is 15.8. The highest BCUT2D eigenvalue weighted by Crippen LogP contribution is 2.24. The van der Waals surface area contributed by atoms with Gasteiger partial charge < -0.3 is 19.7 Å². The zero-order valence-electron chi connectivity index (χ0n) is 15.0. The monoisotopic (exact) mass is 384 g/mol. The molecule has 3 aromatic heterocycles. The number of rotatable bonds is 4. The van der Waals surface area contributed by atoms with E-state index < -0.39 is 0 Å². The third-order valence-corrected chi connectivity index (χ3v) is 5.62. The fraction of sp³-hybridized carbons (Fsp3) is 0.333. The van der Waals surface area contributed by atoms with E-state index >= 15 is 0 Å². The summed E-state index contributed by atoms with van der Waals surface area (Å²) in [5, 5.41) is 4.74.